The Morgan fingerprint density at radius 1 is 1.52 bits per heavy atom. The number of H-pyrrole nitrogens is 1. The minimum atomic E-state index is -0.778. The SMILES string of the molecule is Cc1nc(CN(C)c2nc3c(s2)CCCC3C(=O)O)n[nH]1. The summed E-state index contributed by atoms with van der Waals surface area (Å²) in [5.41, 5.74) is 0.742. The third-order valence-electron chi connectivity index (χ3n) is 3.59. The van der Waals surface area contributed by atoms with Crippen molar-refractivity contribution >= 4 is 22.4 Å². The molecule has 2 aromatic rings. The largest absolute Gasteiger partial charge is 0.481 e. The Morgan fingerprint density at radius 2 is 2.33 bits per heavy atom. The first-order chi connectivity index (χ1) is 10.0. The number of nitrogens with zero attached hydrogens (tertiary/aromatic N) is 4. The lowest BCUT2D eigenvalue weighted by molar-refractivity contribution is -0.139. The molecule has 1 aliphatic carbocycles. The van der Waals surface area contributed by atoms with Crippen molar-refractivity contribution in [3.8, 4) is 0 Å². The summed E-state index contributed by atoms with van der Waals surface area (Å²) in [6, 6.07) is 0. The van der Waals surface area contributed by atoms with Crippen LogP contribution in [-0.4, -0.2) is 38.3 Å². The molecule has 112 valence electrons. The molecule has 1 aliphatic rings. The van der Waals surface area contributed by atoms with Crippen molar-refractivity contribution in [2.75, 3.05) is 11.9 Å². The third-order valence-corrected chi connectivity index (χ3v) is 4.83. The second-order valence-electron chi connectivity index (χ2n) is 5.28. The second kappa shape index (κ2) is 5.44. The molecule has 8 heteroatoms. The van der Waals surface area contributed by atoms with Gasteiger partial charge < -0.3 is 10.0 Å². The Balaban J connectivity index is 1.81. The molecular formula is C13H17N5O2S. The first-order valence-electron chi connectivity index (χ1n) is 6.86. The first kappa shape index (κ1) is 14.0. The van der Waals surface area contributed by atoms with Crippen LogP contribution in [0.2, 0.25) is 0 Å². The van der Waals surface area contributed by atoms with Gasteiger partial charge in [0.25, 0.3) is 0 Å². The zero-order valence-corrected chi connectivity index (χ0v) is 12.8. The predicted molar refractivity (Wildman–Crippen MR) is 78.7 cm³/mol. The molecule has 0 saturated carbocycles. The average molecular weight is 307 g/mol. The van der Waals surface area contributed by atoms with Gasteiger partial charge in [0, 0.05) is 11.9 Å². The minimum absolute atomic E-state index is 0.460. The van der Waals surface area contributed by atoms with Crippen LogP contribution in [0.4, 0.5) is 5.13 Å². The summed E-state index contributed by atoms with van der Waals surface area (Å²) in [6.07, 6.45) is 2.51. The maximum Gasteiger partial charge on any atom is 0.312 e. The molecule has 0 amide bonds. The van der Waals surface area contributed by atoms with E-state index in [-0.39, 0.29) is 0 Å². The van der Waals surface area contributed by atoms with Crippen LogP contribution < -0.4 is 4.90 Å². The summed E-state index contributed by atoms with van der Waals surface area (Å²) >= 11 is 1.58. The lowest BCUT2D eigenvalue weighted by Crippen LogP contribution is -2.19. The molecule has 3 rings (SSSR count). The van der Waals surface area contributed by atoms with Crippen LogP contribution in [0.3, 0.4) is 0 Å². The quantitative estimate of drug-likeness (QED) is 0.893. The summed E-state index contributed by atoms with van der Waals surface area (Å²) in [5, 5.41) is 17.1. The smallest absolute Gasteiger partial charge is 0.312 e. The highest BCUT2D eigenvalue weighted by Crippen LogP contribution is 2.37. The third kappa shape index (κ3) is 2.76. The first-order valence-corrected chi connectivity index (χ1v) is 7.67. The monoisotopic (exact) mass is 307 g/mol. The van der Waals surface area contributed by atoms with Crippen LogP contribution in [0.5, 0.6) is 0 Å². The van der Waals surface area contributed by atoms with Crippen molar-refractivity contribution < 1.29 is 9.90 Å². The van der Waals surface area contributed by atoms with Gasteiger partial charge in [-0.1, -0.05) is 0 Å². The standard InChI is InChI=1S/C13H17N5O2S/c1-7-14-10(17-16-7)6-18(2)13-15-11-8(12(19)20)4-3-5-9(11)21-13/h8H,3-6H2,1-2H3,(H,19,20)(H,14,16,17). The molecule has 7 nitrogen and oxygen atoms in total. The van der Waals surface area contributed by atoms with Crippen LogP contribution in [0.15, 0.2) is 0 Å². The molecule has 2 heterocycles. The van der Waals surface area contributed by atoms with Crippen molar-refractivity contribution in [3.05, 3.63) is 22.2 Å². The summed E-state index contributed by atoms with van der Waals surface area (Å²) < 4.78 is 0. The predicted octanol–water partition coefficient (Wildman–Crippen LogP) is 1.71. The molecule has 1 unspecified atom stereocenters. The number of hydrogen-bond acceptors (Lipinski definition) is 6. The van der Waals surface area contributed by atoms with Gasteiger partial charge >= 0.3 is 5.97 Å². The summed E-state index contributed by atoms with van der Waals surface area (Å²) in [6.45, 7) is 2.41. The zero-order chi connectivity index (χ0) is 15.0. The van der Waals surface area contributed by atoms with E-state index in [1.807, 2.05) is 18.9 Å². The highest BCUT2D eigenvalue weighted by Gasteiger charge is 2.30. The van der Waals surface area contributed by atoms with Crippen molar-refractivity contribution in [1.82, 2.24) is 20.2 Å². The molecule has 2 N–H and O–H groups in total. The fourth-order valence-electron chi connectivity index (χ4n) is 2.55. The van der Waals surface area contributed by atoms with Crippen LogP contribution in [0.1, 0.15) is 41.0 Å². The number of carboxylic acid groups (broad SMARTS) is 1. The normalized spacial score (nSPS) is 17.5. The fraction of sp³-hybridized carbons (Fsp3) is 0.538. The Morgan fingerprint density at radius 3 is 3.00 bits per heavy atom. The molecular weight excluding hydrogens is 290 g/mol. The van der Waals surface area contributed by atoms with E-state index < -0.39 is 11.9 Å². The number of aryl methyl sites for hydroxylation is 2. The van der Waals surface area contributed by atoms with E-state index in [0.29, 0.717) is 18.8 Å². The maximum atomic E-state index is 11.3. The van der Waals surface area contributed by atoms with Gasteiger partial charge in [0.1, 0.15) is 11.7 Å². The molecule has 0 fully saturated rings. The number of aliphatic carboxylic acids is 1. The van der Waals surface area contributed by atoms with E-state index in [2.05, 4.69) is 20.2 Å². The molecule has 1 atom stereocenters. The van der Waals surface area contributed by atoms with Gasteiger partial charge in [0.2, 0.25) is 0 Å². The van der Waals surface area contributed by atoms with Crippen LogP contribution in [0, 0.1) is 6.92 Å². The molecule has 21 heavy (non-hydrogen) atoms. The van der Waals surface area contributed by atoms with Gasteiger partial charge in [-0.15, -0.1) is 11.3 Å². The molecule has 0 spiro atoms. The summed E-state index contributed by atoms with van der Waals surface area (Å²) in [5.74, 6) is 0.249. The number of anilines is 1. The van der Waals surface area contributed by atoms with Crippen LogP contribution in [0.25, 0.3) is 0 Å². The minimum Gasteiger partial charge on any atom is -0.481 e. The number of aromatic nitrogens is 4. The van der Waals surface area contributed by atoms with E-state index in [4.69, 9.17) is 0 Å². The lowest BCUT2D eigenvalue weighted by atomic mass is 9.91. The molecule has 0 aliphatic heterocycles. The Hall–Kier alpha value is -1.96. The number of rotatable bonds is 4. The Kier molecular flexibility index (Phi) is 3.62. The number of aromatic amines is 1. The maximum absolute atomic E-state index is 11.3. The number of carbonyl (C=O) groups is 1. The molecule has 0 saturated heterocycles. The molecule has 2 aromatic heterocycles. The van der Waals surface area contributed by atoms with Gasteiger partial charge in [-0.3, -0.25) is 9.89 Å². The van der Waals surface area contributed by atoms with E-state index >= 15 is 0 Å². The topological polar surface area (TPSA) is 95.0 Å². The lowest BCUT2D eigenvalue weighted by Gasteiger charge is -2.16. The Bertz CT molecular complexity index is 665. The Labute approximate surface area is 126 Å². The van der Waals surface area contributed by atoms with Gasteiger partial charge in [0.15, 0.2) is 11.0 Å². The average Bonchev–Trinajstić information content (AvgIpc) is 3.04. The molecule has 0 radical (unpaired) electrons. The fourth-order valence-corrected chi connectivity index (χ4v) is 3.67. The summed E-state index contributed by atoms with van der Waals surface area (Å²) in [7, 11) is 1.92. The number of fused-ring (bicyclic) bond motifs is 1. The van der Waals surface area contributed by atoms with Gasteiger partial charge in [-0.2, -0.15) is 5.10 Å². The van der Waals surface area contributed by atoms with Gasteiger partial charge in [0.05, 0.1) is 12.2 Å². The van der Waals surface area contributed by atoms with E-state index in [1.165, 1.54) is 0 Å². The van der Waals surface area contributed by atoms with Crippen LogP contribution in [-0.2, 0) is 17.8 Å². The van der Waals surface area contributed by atoms with E-state index in [1.54, 1.807) is 11.3 Å². The number of hydrogen-bond donors (Lipinski definition) is 2. The van der Waals surface area contributed by atoms with E-state index in [0.717, 1.165) is 34.4 Å². The summed E-state index contributed by atoms with van der Waals surface area (Å²) in [4.78, 5) is 23.2. The number of carboxylic acids is 1. The second-order valence-corrected chi connectivity index (χ2v) is 6.34. The highest BCUT2D eigenvalue weighted by molar-refractivity contribution is 7.15. The van der Waals surface area contributed by atoms with Crippen LogP contribution >= 0.6 is 11.3 Å². The van der Waals surface area contributed by atoms with Crippen molar-refractivity contribution in [3.63, 3.8) is 0 Å². The molecule has 0 bridgehead atoms. The highest BCUT2D eigenvalue weighted by atomic mass is 32.1. The number of thiazole rings is 1. The van der Waals surface area contributed by atoms with Gasteiger partial charge in [-0.25, -0.2) is 9.97 Å². The van der Waals surface area contributed by atoms with Gasteiger partial charge in [-0.05, 0) is 26.2 Å². The van der Waals surface area contributed by atoms with E-state index in [9.17, 15) is 9.90 Å². The molecule has 0 aromatic carbocycles. The zero-order valence-electron chi connectivity index (χ0n) is 12.0. The van der Waals surface area contributed by atoms with Crippen molar-refractivity contribution in [1.29, 1.82) is 0 Å². The number of nitrogens with one attached hydrogen (secondary N) is 1. The van der Waals surface area contributed by atoms with Crippen molar-refractivity contribution in [2.45, 2.75) is 38.6 Å². The van der Waals surface area contributed by atoms with Crippen molar-refractivity contribution in [2.24, 2.45) is 0 Å².